The van der Waals surface area contributed by atoms with E-state index in [0.29, 0.717) is 5.92 Å². The zero-order valence-corrected chi connectivity index (χ0v) is 13.2. The van der Waals surface area contributed by atoms with E-state index in [1.54, 1.807) is 0 Å². The van der Waals surface area contributed by atoms with E-state index in [9.17, 15) is 0 Å². The summed E-state index contributed by atoms with van der Waals surface area (Å²) in [6.45, 7) is 6.25. The fourth-order valence-corrected chi connectivity index (χ4v) is 2.63. The summed E-state index contributed by atoms with van der Waals surface area (Å²) >= 11 is 0. The maximum atomic E-state index is 4.40. The highest BCUT2D eigenvalue weighted by Gasteiger charge is 2.06. The van der Waals surface area contributed by atoms with Gasteiger partial charge < -0.3 is 0 Å². The Balaban J connectivity index is 2.05. The highest BCUT2D eigenvalue weighted by Crippen LogP contribution is 2.17. The number of hydrogen-bond donors (Lipinski definition) is 0. The summed E-state index contributed by atoms with van der Waals surface area (Å²) in [5.41, 5.74) is 1.19. The lowest BCUT2D eigenvalue weighted by Crippen LogP contribution is -2.02. The van der Waals surface area contributed by atoms with Crippen LogP contribution in [0.4, 0.5) is 0 Å². The summed E-state index contributed by atoms with van der Waals surface area (Å²) in [4.78, 5) is 4.40. The second-order valence-electron chi connectivity index (χ2n) is 5.78. The Hall–Kier alpha value is -1.11. The van der Waals surface area contributed by atoms with Crippen LogP contribution in [-0.2, 0) is 6.42 Å². The van der Waals surface area contributed by atoms with Gasteiger partial charge in [-0.05, 0) is 30.9 Å². The molecule has 0 spiro atoms. The quantitative estimate of drug-likeness (QED) is 0.338. The normalized spacial score (nSPS) is 12.2. The number of aromatic nitrogens is 1. The second-order valence-corrected chi connectivity index (χ2v) is 5.78. The van der Waals surface area contributed by atoms with Crippen LogP contribution in [0.1, 0.15) is 70.4 Å². The highest BCUT2D eigenvalue weighted by molar-refractivity contribution is 5.05. The molecule has 0 aliphatic heterocycles. The molecule has 1 nitrogen and oxygen atoms in total. The molecule has 112 valence electrons. The lowest BCUT2D eigenvalue weighted by molar-refractivity contribution is 0.509. The van der Waals surface area contributed by atoms with Crippen LogP contribution in [0.2, 0.25) is 0 Å². The Morgan fingerprint density at radius 1 is 1.05 bits per heavy atom. The highest BCUT2D eigenvalue weighted by atomic mass is 14.7. The minimum absolute atomic E-state index is 0.588. The number of unbranched alkanes of at least 4 members (excludes halogenated alkanes) is 7. The van der Waals surface area contributed by atoms with Crippen LogP contribution in [0.15, 0.2) is 37.1 Å². The molecule has 1 rings (SSSR count). The Labute approximate surface area is 125 Å². The first-order valence-corrected chi connectivity index (χ1v) is 8.39. The third kappa shape index (κ3) is 8.14. The fraction of sp³-hybridized carbons (Fsp3) is 0.632. The average molecular weight is 273 g/mol. The summed E-state index contributed by atoms with van der Waals surface area (Å²) in [7, 11) is 0. The number of nitrogens with zero attached hydrogens (tertiary/aromatic N) is 1. The molecule has 0 aromatic carbocycles. The monoisotopic (exact) mass is 273 g/mol. The molecule has 0 aliphatic rings. The van der Waals surface area contributed by atoms with E-state index in [1.807, 2.05) is 12.3 Å². The standard InChI is InChI=1S/C19H31N/c1-3-5-6-7-8-9-10-11-14-18(4-2)17-19-15-12-13-16-20-19/h4,12-13,15-16,18H,2-3,5-11,14,17H2,1H3. The number of rotatable bonds is 12. The molecule has 20 heavy (non-hydrogen) atoms. The molecule has 0 saturated heterocycles. The molecule has 0 aliphatic carbocycles. The van der Waals surface area contributed by atoms with E-state index < -0.39 is 0 Å². The van der Waals surface area contributed by atoms with E-state index in [2.05, 4.69) is 36.7 Å². The van der Waals surface area contributed by atoms with Gasteiger partial charge in [0.25, 0.3) is 0 Å². The Morgan fingerprint density at radius 2 is 1.75 bits per heavy atom. The minimum Gasteiger partial charge on any atom is -0.261 e. The minimum atomic E-state index is 0.588. The van der Waals surface area contributed by atoms with Crippen molar-refractivity contribution in [2.24, 2.45) is 5.92 Å². The zero-order chi connectivity index (χ0) is 14.5. The van der Waals surface area contributed by atoms with E-state index in [0.717, 1.165) is 6.42 Å². The van der Waals surface area contributed by atoms with Gasteiger partial charge in [-0.1, -0.05) is 70.4 Å². The maximum absolute atomic E-state index is 4.40. The second kappa shape index (κ2) is 11.7. The lowest BCUT2D eigenvalue weighted by Gasteiger charge is -2.11. The molecule has 0 N–H and O–H groups in total. The van der Waals surface area contributed by atoms with Gasteiger partial charge in [0.2, 0.25) is 0 Å². The number of allylic oxidation sites excluding steroid dienone is 1. The summed E-state index contributed by atoms with van der Waals surface area (Å²) in [5, 5.41) is 0. The molecule has 1 heterocycles. The molecule has 1 unspecified atom stereocenters. The van der Waals surface area contributed by atoms with Gasteiger partial charge in [0.1, 0.15) is 0 Å². The molecular weight excluding hydrogens is 242 g/mol. The van der Waals surface area contributed by atoms with Crippen LogP contribution in [0, 0.1) is 5.92 Å². The van der Waals surface area contributed by atoms with Gasteiger partial charge in [0.05, 0.1) is 0 Å². The summed E-state index contributed by atoms with van der Waals surface area (Å²) in [6.07, 6.45) is 17.4. The Bertz CT molecular complexity index is 331. The smallest absolute Gasteiger partial charge is 0.0409 e. The van der Waals surface area contributed by atoms with Crippen LogP contribution < -0.4 is 0 Å². The predicted molar refractivity (Wildman–Crippen MR) is 88.9 cm³/mol. The molecule has 0 saturated carbocycles. The maximum Gasteiger partial charge on any atom is 0.0409 e. The van der Waals surface area contributed by atoms with Gasteiger partial charge >= 0.3 is 0 Å². The average Bonchev–Trinajstić information content (AvgIpc) is 2.49. The van der Waals surface area contributed by atoms with Crippen LogP contribution in [-0.4, -0.2) is 4.98 Å². The van der Waals surface area contributed by atoms with Crippen molar-refractivity contribution >= 4 is 0 Å². The van der Waals surface area contributed by atoms with Crippen LogP contribution in [0.5, 0.6) is 0 Å². The van der Waals surface area contributed by atoms with Crippen molar-refractivity contribution in [3.63, 3.8) is 0 Å². The summed E-state index contributed by atoms with van der Waals surface area (Å²) in [5.74, 6) is 0.588. The molecule has 1 aromatic rings. The van der Waals surface area contributed by atoms with E-state index in [4.69, 9.17) is 0 Å². The van der Waals surface area contributed by atoms with Crippen molar-refractivity contribution in [3.8, 4) is 0 Å². The fourth-order valence-electron chi connectivity index (χ4n) is 2.63. The first-order chi connectivity index (χ1) is 9.86. The van der Waals surface area contributed by atoms with Crippen molar-refractivity contribution in [2.45, 2.75) is 71.1 Å². The van der Waals surface area contributed by atoms with E-state index in [-0.39, 0.29) is 0 Å². The Morgan fingerprint density at radius 3 is 2.35 bits per heavy atom. The van der Waals surface area contributed by atoms with Crippen molar-refractivity contribution in [1.29, 1.82) is 0 Å². The van der Waals surface area contributed by atoms with Crippen LogP contribution in [0.25, 0.3) is 0 Å². The van der Waals surface area contributed by atoms with Gasteiger partial charge in [0, 0.05) is 11.9 Å². The number of pyridine rings is 1. The largest absolute Gasteiger partial charge is 0.261 e. The topological polar surface area (TPSA) is 12.9 Å². The molecule has 0 amide bonds. The van der Waals surface area contributed by atoms with Gasteiger partial charge in [-0.15, -0.1) is 6.58 Å². The van der Waals surface area contributed by atoms with Crippen molar-refractivity contribution in [3.05, 3.63) is 42.7 Å². The Kier molecular flexibility index (Phi) is 9.91. The molecule has 0 fully saturated rings. The summed E-state index contributed by atoms with van der Waals surface area (Å²) < 4.78 is 0. The summed E-state index contributed by atoms with van der Waals surface area (Å²) in [6, 6.07) is 6.16. The van der Waals surface area contributed by atoms with Gasteiger partial charge in [-0.2, -0.15) is 0 Å². The van der Waals surface area contributed by atoms with Gasteiger partial charge in [-0.25, -0.2) is 0 Å². The predicted octanol–water partition coefficient (Wildman–Crippen LogP) is 5.96. The molecule has 1 atom stereocenters. The SMILES string of the molecule is C=CC(CCCCCCCCCC)Cc1ccccn1. The van der Waals surface area contributed by atoms with E-state index in [1.165, 1.54) is 63.5 Å². The molecule has 1 aromatic heterocycles. The first-order valence-electron chi connectivity index (χ1n) is 8.39. The lowest BCUT2D eigenvalue weighted by atomic mass is 9.95. The zero-order valence-electron chi connectivity index (χ0n) is 13.2. The van der Waals surface area contributed by atoms with Gasteiger partial charge in [-0.3, -0.25) is 4.98 Å². The van der Waals surface area contributed by atoms with Crippen LogP contribution in [0.3, 0.4) is 0 Å². The van der Waals surface area contributed by atoms with E-state index >= 15 is 0 Å². The van der Waals surface area contributed by atoms with Crippen molar-refractivity contribution < 1.29 is 0 Å². The van der Waals surface area contributed by atoms with Gasteiger partial charge in [0.15, 0.2) is 0 Å². The van der Waals surface area contributed by atoms with Crippen molar-refractivity contribution in [1.82, 2.24) is 4.98 Å². The molecule has 0 radical (unpaired) electrons. The van der Waals surface area contributed by atoms with Crippen molar-refractivity contribution in [2.75, 3.05) is 0 Å². The molecule has 0 bridgehead atoms. The third-order valence-electron chi connectivity index (χ3n) is 3.96. The molecular formula is C19H31N. The number of hydrogen-bond acceptors (Lipinski definition) is 1. The third-order valence-corrected chi connectivity index (χ3v) is 3.96. The van der Waals surface area contributed by atoms with Crippen LogP contribution >= 0.6 is 0 Å². The molecule has 1 heteroatoms. The first kappa shape index (κ1) is 16.9.